The summed E-state index contributed by atoms with van der Waals surface area (Å²) in [6.45, 7) is 0.798. The van der Waals surface area contributed by atoms with Crippen LogP contribution in [0.25, 0.3) is 27.7 Å². The van der Waals surface area contributed by atoms with Gasteiger partial charge in [0.05, 0.1) is 17.1 Å². The third-order valence-corrected chi connectivity index (χ3v) is 7.06. The van der Waals surface area contributed by atoms with E-state index in [4.69, 9.17) is 9.47 Å². The van der Waals surface area contributed by atoms with Crippen molar-refractivity contribution in [3.05, 3.63) is 78.1 Å². The van der Waals surface area contributed by atoms with Gasteiger partial charge in [-0.25, -0.2) is 4.39 Å². The number of carbonyl (C=O) groups is 1. The Kier molecular flexibility index (Phi) is 5.60. The van der Waals surface area contributed by atoms with Gasteiger partial charge in [-0.15, -0.1) is 10.2 Å². The number of pyridine rings is 1. The van der Waals surface area contributed by atoms with Gasteiger partial charge in [0.15, 0.2) is 5.65 Å². The monoisotopic (exact) mass is 501 g/mol. The first-order valence-electron chi connectivity index (χ1n) is 11.9. The van der Waals surface area contributed by atoms with Gasteiger partial charge >= 0.3 is 5.97 Å². The van der Waals surface area contributed by atoms with Crippen LogP contribution < -0.4 is 4.74 Å². The second-order valence-electron chi connectivity index (χ2n) is 9.34. The Bertz CT molecular complexity index is 1640. The maximum atomic E-state index is 14.6. The van der Waals surface area contributed by atoms with Crippen LogP contribution in [0.5, 0.6) is 5.75 Å². The number of carboxylic acid groups (broad SMARTS) is 1. The molecule has 1 aliphatic heterocycles. The molecular weight excluding hydrogens is 477 g/mol. The van der Waals surface area contributed by atoms with Crippen molar-refractivity contribution >= 4 is 22.5 Å². The first-order valence-corrected chi connectivity index (χ1v) is 11.9. The minimum absolute atomic E-state index is 0.169. The number of nitrogens with zero attached hydrogens (tertiary/aromatic N) is 5. The zero-order chi connectivity index (χ0) is 25.6. The van der Waals surface area contributed by atoms with Crippen LogP contribution in [0.1, 0.15) is 24.0 Å². The summed E-state index contributed by atoms with van der Waals surface area (Å²) >= 11 is 0. The number of hydrogen-bond donors (Lipinski definition) is 1. The van der Waals surface area contributed by atoms with Crippen molar-refractivity contribution < 1.29 is 23.8 Å². The number of hydrogen-bond acceptors (Lipinski definition) is 6. The molecule has 188 valence electrons. The molecule has 5 aromatic rings. The highest BCUT2D eigenvalue weighted by Crippen LogP contribution is 2.37. The minimum Gasteiger partial charge on any atom is -0.489 e. The first kappa shape index (κ1) is 23.1. The summed E-state index contributed by atoms with van der Waals surface area (Å²) in [5, 5.41) is 23.5. The predicted molar refractivity (Wildman–Crippen MR) is 133 cm³/mol. The molecule has 0 spiro atoms. The SMILES string of the molecule is Cn1cc(-c2cc3nncn3c3cc(COc4cc(F)cc(C5(C(=O)O)CCOCC5)c4)ccc23)cn1. The van der Waals surface area contributed by atoms with E-state index in [9.17, 15) is 14.3 Å². The molecule has 9 nitrogen and oxygen atoms in total. The van der Waals surface area contributed by atoms with Gasteiger partial charge in [0.25, 0.3) is 0 Å². The van der Waals surface area contributed by atoms with Gasteiger partial charge < -0.3 is 14.6 Å². The lowest BCUT2D eigenvalue weighted by Gasteiger charge is -2.33. The van der Waals surface area contributed by atoms with Crippen LogP contribution in [0.3, 0.4) is 0 Å². The predicted octanol–water partition coefficient (Wildman–Crippen LogP) is 4.13. The van der Waals surface area contributed by atoms with E-state index in [0.717, 1.165) is 27.6 Å². The van der Waals surface area contributed by atoms with E-state index >= 15 is 0 Å². The van der Waals surface area contributed by atoms with Gasteiger partial charge in [-0.1, -0.05) is 12.1 Å². The van der Waals surface area contributed by atoms with E-state index in [1.54, 1.807) is 17.1 Å². The van der Waals surface area contributed by atoms with Crippen molar-refractivity contribution in [2.24, 2.45) is 7.05 Å². The van der Waals surface area contributed by atoms with Crippen LogP contribution in [0.15, 0.2) is 61.2 Å². The van der Waals surface area contributed by atoms with Gasteiger partial charge in [-0.2, -0.15) is 5.10 Å². The van der Waals surface area contributed by atoms with E-state index in [-0.39, 0.29) is 25.2 Å². The lowest BCUT2D eigenvalue weighted by molar-refractivity contribution is -0.147. The van der Waals surface area contributed by atoms with Crippen LogP contribution in [0.2, 0.25) is 0 Å². The molecule has 0 amide bonds. The smallest absolute Gasteiger partial charge is 0.314 e. The molecule has 3 aromatic heterocycles. The van der Waals surface area contributed by atoms with Gasteiger partial charge in [0.2, 0.25) is 0 Å². The summed E-state index contributed by atoms with van der Waals surface area (Å²) in [5.74, 6) is -1.24. The van der Waals surface area contributed by atoms with Crippen LogP contribution in [0.4, 0.5) is 4.39 Å². The summed E-state index contributed by atoms with van der Waals surface area (Å²) in [7, 11) is 1.87. The molecule has 0 bridgehead atoms. The quantitative estimate of drug-likeness (QED) is 0.373. The topological polar surface area (TPSA) is 104 Å². The summed E-state index contributed by atoms with van der Waals surface area (Å²) < 4.78 is 29.5. The summed E-state index contributed by atoms with van der Waals surface area (Å²) in [6, 6.07) is 12.1. The molecule has 10 heteroatoms. The molecule has 0 aliphatic carbocycles. The summed E-state index contributed by atoms with van der Waals surface area (Å²) in [4.78, 5) is 12.2. The highest BCUT2D eigenvalue weighted by Gasteiger charge is 2.42. The number of rotatable bonds is 6. The zero-order valence-electron chi connectivity index (χ0n) is 20.1. The molecule has 1 saturated heterocycles. The standard InChI is InChI=1S/C27H24FN5O4/c1-32-14-18(13-30-32)23-12-25-31-29-16-33(25)24-8-17(2-3-22(23)24)15-37-21-10-19(9-20(28)11-21)27(26(34)35)4-6-36-7-5-27/h2-3,8-14,16H,4-7,15H2,1H3,(H,34,35). The first-order chi connectivity index (χ1) is 17.9. The molecule has 1 N–H and O–H groups in total. The van der Waals surface area contributed by atoms with Crippen molar-refractivity contribution in [2.45, 2.75) is 24.9 Å². The lowest BCUT2D eigenvalue weighted by atomic mass is 9.74. The van der Waals surface area contributed by atoms with Gasteiger partial charge in [0, 0.05) is 43.5 Å². The van der Waals surface area contributed by atoms with E-state index in [0.29, 0.717) is 24.4 Å². The lowest BCUT2D eigenvalue weighted by Crippen LogP contribution is -2.41. The minimum atomic E-state index is -1.19. The number of aromatic nitrogens is 5. The molecule has 0 radical (unpaired) electrons. The number of aliphatic carboxylic acids is 1. The number of benzene rings is 2. The Hall–Kier alpha value is -4.31. The number of fused-ring (bicyclic) bond motifs is 3. The van der Waals surface area contributed by atoms with E-state index < -0.39 is 17.2 Å². The Morgan fingerprint density at radius 2 is 2.03 bits per heavy atom. The van der Waals surface area contributed by atoms with Gasteiger partial charge in [0.1, 0.15) is 24.5 Å². The fraction of sp³-hybridized carbons (Fsp3) is 0.259. The van der Waals surface area contributed by atoms with Crippen molar-refractivity contribution in [1.29, 1.82) is 0 Å². The maximum absolute atomic E-state index is 14.6. The van der Waals surface area contributed by atoms with Crippen molar-refractivity contribution in [2.75, 3.05) is 13.2 Å². The Labute approximate surface area is 211 Å². The van der Waals surface area contributed by atoms with Crippen molar-refractivity contribution in [3.8, 4) is 16.9 Å². The average molecular weight is 502 g/mol. The second kappa shape index (κ2) is 8.97. The van der Waals surface area contributed by atoms with Crippen molar-refractivity contribution in [1.82, 2.24) is 24.4 Å². The summed E-state index contributed by atoms with van der Waals surface area (Å²) in [5.41, 5.74) is 3.62. The number of carboxylic acids is 1. The normalized spacial score (nSPS) is 15.3. The van der Waals surface area contributed by atoms with Gasteiger partial charge in [-0.3, -0.25) is 13.9 Å². The Morgan fingerprint density at radius 3 is 2.78 bits per heavy atom. The molecule has 6 rings (SSSR count). The molecule has 0 unspecified atom stereocenters. The molecule has 2 aromatic carbocycles. The average Bonchev–Trinajstić information content (AvgIpc) is 3.56. The molecule has 1 fully saturated rings. The molecule has 0 atom stereocenters. The molecule has 37 heavy (non-hydrogen) atoms. The number of halogens is 1. The van der Waals surface area contributed by atoms with Crippen molar-refractivity contribution in [3.63, 3.8) is 0 Å². The third kappa shape index (κ3) is 4.09. The van der Waals surface area contributed by atoms with Crippen LogP contribution in [-0.4, -0.2) is 48.7 Å². The molecular formula is C27H24FN5O4. The summed E-state index contributed by atoms with van der Waals surface area (Å²) in [6.07, 6.45) is 5.98. The highest BCUT2D eigenvalue weighted by molar-refractivity contribution is 5.97. The van der Waals surface area contributed by atoms with Crippen LogP contribution in [-0.2, 0) is 28.6 Å². The van der Waals surface area contributed by atoms with E-state index in [1.165, 1.54) is 12.1 Å². The number of aryl methyl sites for hydroxylation is 1. The highest BCUT2D eigenvalue weighted by atomic mass is 19.1. The Balaban J connectivity index is 1.33. The maximum Gasteiger partial charge on any atom is 0.314 e. The third-order valence-electron chi connectivity index (χ3n) is 7.06. The van der Waals surface area contributed by atoms with Crippen LogP contribution in [0, 0.1) is 5.82 Å². The zero-order valence-corrected chi connectivity index (χ0v) is 20.1. The Morgan fingerprint density at radius 1 is 1.19 bits per heavy atom. The molecule has 4 heterocycles. The fourth-order valence-corrected chi connectivity index (χ4v) is 5.06. The van der Waals surface area contributed by atoms with E-state index in [1.807, 2.05) is 48.1 Å². The van der Waals surface area contributed by atoms with Crippen LogP contribution >= 0.6 is 0 Å². The fourth-order valence-electron chi connectivity index (χ4n) is 5.06. The molecule has 1 aliphatic rings. The van der Waals surface area contributed by atoms with E-state index in [2.05, 4.69) is 15.3 Å². The molecule has 0 saturated carbocycles. The second-order valence-corrected chi connectivity index (χ2v) is 9.34. The largest absolute Gasteiger partial charge is 0.489 e. The number of ether oxygens (including phenoxy) is 2. The van der Waals surface area contributed by atoms with Gasteiger partial charge in [-0.05, 0) is 53.8 Å².